The van der Waals surface area contributed by atoms with E-state index in [0.717, 1.165) is 18.9 Å². The quantitative estimate of drug-likeness (QED) is 0.216. The maximum Gasteiger partial charge on any atom is 0.340 e. The molecule has 3 N–H and O–H groups in total. The van der Waals surface area contributed by atoms with Gasteiger partial charge in [0.25, 0.3) is 5.91 Å². The maximum absolute atomic E-state index is 13.6. The van der Waals surface area contributed by atoms with Gasteiger partial charge in [-0.25, -0.2) is 14.2 Å². The number of hydrogen-bond acceptors (Lipinski definition) is 8. The summed E-state index contributed by atoms with van der Waals surface area (Å²) in [5, 5.41) is 17.1. The monoisotopic (exact) mass is 609 g/mol. The Hall–Kier alpha value is -4.88. The van der Waals surface area contributed by atoms with Crippen molar-refractivity contribution in [3.63, 3.8) is 0 Å². The highest BCUT2D eigenvalue weighted by atomic mass is 19.1. The molecule has 44 heavy (non-hydrogen) atoms. The average Bonchev–Trinajstić information content (AvgIpc) is 3.73. The van der Waals surface area contributed by atoms with E-state index in [1.807, 2.05) is 0 Å². The van der Waals surface area contributed by atoms with Gasteiger partial charge in [0.05, 0.1) is 18.8 Å². The van der Waals surface area contributed by atoms with Crippen molar-refractivity contribution in [1.82, 2.24) is 29.5 Å². The van der Waals surface area contributed by atoms with Crippen LogP contribution in [0.2, 0.25) is 0 Å². The molecule has 4 heterocycles. The number of rotatable bonds is 12. The van der Waals surface area contributed by atoms with Crippen LogP contribution < -0.4 is 15.2 Å². The molecule has 1 amide bonds. The molecule has 14 heteroatoms. The lowest BCUT2D eigenvalue weighted by atomic mass is 10.1. The first-order chi connectivity index (χ1) is 20.9. The summed E-state index contributed by atoms with van der Waals surface area (Å²) in [6.45, 7) is 5.66. The minimum absolute atomic E-state index is 0.200. The number of aromatic nitrogens is 6. The predicted molar refractivity (Wildman–Crippen MR) is 153 cm³/mol. The molecule has 2 aliphatic rings. The van der Waals surface area contributed by atoms with Crippen LogP contribution in [0.25, 0.3) is 11.6 Å². The SMILES string of the molecule is CC1(CCOc2ccn(-c3ccc(C(=O)O)c(F)n3)n2)CC1.CC1(CCOc2ccn(-c3ccc(C(N)=O)c(F)n3)n2)CC1. The van der Waals surface area contributed by atoms with Gasteiger partial charge in [-0.05, 0) is 73.6 Å². The van der Waals surface area contributed by atoms with E-state index in [2.05, 4.69) is 34.0 Å². The van der Waals surface area contributed by atoms with Crippen molar-refractivity contribution in [2.24, 2.45) is 16.6 Å². The molecule has 0 unspecified atom stereocenters. The van der Waals surface area contributed by atoms with Crippen molar-refractivity contribution in [1.29, 1.82) is 0 Å². The third-order valence-electron chi connectivity index (χ3n) is 7.88. The van der Waals surface area contributed by atoms with Gasteiger partial charge < -0.3 is 20.3 Å². The maximum atomic E-state index is 13.6. The Morgan fingerprint density at radius 2 is 1.23 bits per heavy atom. The van der Waals surface area contributed by atoms with E-state index in [1.54, 1.807) is 24.5 Å². The highest BCUT2D eigenvalue weighted by Gasteiger charge is 2.37. The fraction of sp³-hybridized carbons (Fsp3) is 0.400. The smallest absolute Gasteiger partial charge is 0.340 e. The molecule has 0 spiro atoms. The molecule has 0 bridgehead atoms. The van der Waals surface area contributed by atoms with Gasteiger partial charge in [-0.3, -0.25) is 4.79 Å². The highest BCUT2D eigenvalue weighted by molar-refractivity contribution is 5.92. The van der Waals surface area contributed by atoms with Gasteiger partial charge in [0, 0.05) is 24.5 Å². The Bertz CT molecular complexity index is 1540. The summed E-state index contributed by atoms with van der Waals surface area (Å²) in [5.41, 5.74) is 5.17. The summed E-state index contributed by atoms with van der Waals surface area (Å²) in [7, 11) is 0. The lowest BCUT2D eigenvalue weighted by Gasteiger charge is -2.07. The average molecular weight is 610 g/mol. The first kappa shape index (κ1) is 30.6. The van der Waals surface area contributed by atoms with E-state index in [4.69, 9.17) is 20.3 Å². The van der Waals surface area contributed by atoms with Crippen molar-refractivity contribution >= 4 is 11.9 Å². The van der Waals surface area contributed by atoms with E-state index >= 15 is 0 Å². The molecule has 12 nitrogen and oxygen atoms in total. The number of hydrogen-bond donors (Lipinski definition) is 2. The zero-order valence-electron chi connectivity index (χ0n) is 24.4. The second kappa shape index (κ2) is 12.4. The zero-order chi connectivity index (χ0) is 31.5. The second-order valence-corrected chi connectivity index (χ2v) is 11.7. The third-order valence-corrected chi connectivity index (χ3v) is 7.88. The fourth-order valence-electron chi connectivity index (χ4n) is 4.20. The molecule has 2 aliphatic carbocycles. The van der Waals surface area contributed by atoms with Crippen LogP contribution in [0, 0.1) is 22.7 Å². The topological polar surface area (TPSA) is 160 Å². The first-order valence-electron chi connectivity index (χ1n) is 14.2. The number of carboxylic acids is 1. The molecule has 0 aromatic carbocycles. The largest absolute Gasteiger partial charge is 0.478 e. The minimum atomic E-state index is -1.35. The molecular formula is C30H33F2N7O5. The summed E-state index contributed by atoms with van der Waals surface area (Å²) in [6.07, 6.45) is 10.2. The highest BCUT2D eigenvalue weighted by Crippen LogP contribution is 2.48. The van der Waals surface area contributed by atoms with Crippen LogP contribution in [0.5, 0.6) is 11.8 Å². The van der Waals surface area contributed by atoms with Crippen LogP contribution in [0.4, 0.5) is 8.78 Å². The Morgan fingerprint density at radius 3 is 1.59 bits per heavy atom. The van der Waals surface area contributed by atoms with Crippen LogP contribution in [-0.4, -0.2) is 59.7 Å². The van der Waals surface area contributed by atoms with Crippen molar-refractivity contribution in [3.05, 3.63) is 71.8 Å². The number of halogens is 2. The van der Waals surface area contributed by atoms with Crippen molar-refractivity contribution < 1.29 is 33.0 Å². The molecule has 2 fully saturated rings. The zero-order valence-corrected chi connectivity index (χ0v) is 24.4. The number of ether oxygens (including phenoxy) is 2. The van der Waals surface area contributed by atoms with Crippen LogP contribution in [0.15, 0.2) is 48.8 Å². The Kier molecular flexibility index (Phi) is 8.61. The number of carbonyl (C=O) groups excluding carboxylic acids is 1. The number of carboxylic acid groups (broad SMARTS) is 1. The molecule has 4 aromatic rings. The van der Waals surface area contributed by atoms with Gasteiger partial charge in [-0.2, -0.15) is 18.7 Å². The van der Waals surface area contributed by atoms with Gasteiger partial charge in [0.2, 0.25) is 23.7 Å². The van der Waals surface area contributed by atoms with E-state index in [9.17, 15) is 18.4 Å². The summed E-state index contributed by atoms with van der Waals surface area (Å²) < 4.78 is 41.1. The van der Waals surface area contributed by atoms with Gasteiger partial charge in [-0.1, -0.05) is 13.8 Å². The van der Waals surface area contributed by atoms with Gasteiger partial charge >= 0.3 is 5.97 Å². The standard InChI is InChI=1S/C15H17FN4O2.C15H16FN3O3/c1-15(5-6-15)7-9-22-12-4-8-20(19-12)11-3-2-10(14(17)21)13(16)18-11;1-15(5-6-15)7-9-22-12-4-8-19(18-12)11-3-2-10(14(20)21)13(16)17-11/h2-4,8H,5-7,9H2,1H3,(H2,17,21);2-4,8H,5-7,9H2,1H3,(H,20,21). The Labute approximate surface area is 251 Å². The summed E-state index contributed by atoms with van der Waals surface area (Å²) in [5.74, 6) is -2.80. The second-order valence-electron chi connectivity index (χ2n) is 11.7. The molecule has 0 aliphatic heterocycles. The fourth-order valence-corrected chi connectivity index (χ4v) is 4.20. The Balaban J connectivity index is 0.000000175. The van der Waals surface area contributed by atoms with Crippen LogP contribution >= 0.6 is 0 Å². The van der Waals surface area contributed by atoms with Crippen LogP contribution in [0.1, 0.15) is 73.1 Å². The molecular weight excluding hydrogens is 576 g/mol. The van der Waals surface area contributed by atoms with E-state index in [0.29, 0.717) is 35.8 Å². The lowest BCUT2D eigenvalue weighted by molar-refractivity contribution is 0.0690. The number of amides is 1. The lowest BCUT2D eigenvalue weighted by Crippen LogP contribution is -2.15. The normalized spacial score (nSPS) is 15.5. The summed E-state index contributed by atoms with van der Waals surface area (Å²) in [4.78, 5) is 29.0. The number of primary amides is 1. The van der Waals surface area contributed by atoms with E-state index in [1.165, 1.54) is 53.2 Å². The number of nitrogens with two attached hydrogens (primary N) is 1. The van der Waals surface area contributed by atoms with Gasteiger partial charge in [0.1, 0.15) is 5.56 Å². The molecule has 2 saturated carbocycles. The van der Waals surface area contributed by atoms with Crippen molar-refractivity contribution in [2.45, 2.75) is 52.4 Å². The molecule has 0 saturated heterocycles. The molecule has 0 atom stereocenters. The summed E-state index contributed by atoms with van der Waals surface area (Å²) in [6, 6.07) is 8.68. The predicted octanol–water partition coefficient (Wildman–Crippen LogP) is 4.75. The van der Waals surface area contributed by atoms with Gasteiger partial charge in [0.15, 0.2) is 11.6 Å². The molecule has 232 valence electrons. The number of carbonyl (C=O) groups is 2. The number of nitrogens with zero attached hydrogens (tertiary/aromatic N) is 6. The van der Waals surface area contributed by atoms with Gasteiger partial charge in [-0.15, -0.1) is 10.2 Å². The van der Waals surface area contributed by atoms with Crippen molar-refractivity contribution in [2.75, 3.05) is 13.2 Å². The molecule has 0 radical (unpaired) electrons. The first-order valence-corrected chi connectivity index (χ1v) is 14.2. The molecule has 4 aromatic heterocycles. The van der Waals surface area contributed by atoms with Crippen LogP contribution in [-0.2, 0) is 0 Å². The molecule has 6 rings (SSSR count). The van der Waals surface area contributed by atoms with E-state index in [-0.39, 0.29) is 17.2 Å². The van der Waals surface area contributed by atoms with E-state index < -0.39 is 29.3 Å². The Morgan fingerprint density at radius 1 is 0.795 bits per heavy atom. The third kappa shape index (κ3) is 7.74. The number of pyridine rings is 2. The minimum Gasteiger partial charge on any atom is -0.478 e. The van der Waals surface area contributed by atoms with Crippen molar-refractivity contribution in [3.8, 4) is 23.4 Å². The summed E-state index contributed by atoms with van der Waals surface area (Å²) >= 11 is 0. The van der Waals surface area contributed by atoms with Crippen LogP contribution in [0.3, 0.4) is 0 Å². The number of aromatic carboxylic acids is 1.